The van der Waals surface area contributed by atoms with E-state index in [0.29, 0.717) is 24.7 Å². The Labute approximate surface area is 114 Å². The van der Waals surface area contributed by atoms with Crippen LogP contribution in [-0.4, -0.2) is 35.9 Å². The maximum Gasteiger partial charge on any atom is 0.323 e. The zero-order valence-corrected chi connectivity index (χ0v) is 12.1. The van der Waals surface area contributed by atoms with Crippen molar-refractivity contribution < 1.29 is 24.2 Å². The first-order valence-corrected chi connectivity index (χ1v) is 6.91. The summed E-state index contributed by atoms with van der Waals surface area (Å²) in [5.74, 6) is -1.85. The molecule has 0 spiro atoms. The molecule has 0 saturated heterocycles. The molecule has 0 aromatic carbocycles. The highest BCUT2D eigenvalue weighted by Crippen LogP contribution is 2.47. The monoisotopic (exact) mass is 272 g/mol. The summed E-state index contributed by atoms with van der Waals surface area (Å²) in [6, 6.07) is 0. The van der Waals surface area contributed by atoms with E-state index in [-0.39, 0.29) is 13.2 Å². The molecule has 0 aliphatic heterocycles. The van der Waals surface area contributed by atoms with Gasteiger partial charge in [-0.2, -0.15) is 0 Å². The quantitative estimate of drug-likeness (QED) is 0.586. The summed E-state index contributed by atoms with van der Waals surface area (Å²) >= 11 is 0. The molecule has 19 heavy (non-hydrogen) atoms. The van der Waals surface area contributed by atoms with E-state index in [4.69, 9.17) is 9.47 Å². The Hall–Kier alpha value is -1.10. The number of carbonyl (C=O) groups excluding carboxylic acids is 2. The van der Waals surface area contributed by atoms with Gasteiger partial charge in [0.2, 0.25) is 0 Å². The molecule has 0 amide bonds. The summed E-state index contributed by atoms with van der Waals surface area (Å²) in [5.41, 5.74) is -1.31. The fraction of sp³-hybridized carbons (Fsp3) is 0.857. The second-order valence-electron chi connectivity index (χ2n) is 5.45. The van der Waals surface area contributed by atoms with Gasteiger partial charge in [-0.25, -0.2) is 0 Å². The lowest BCUT2D eigenvalue weighted by molar-refractivity contribution is -0.190. The smallest absolute Gasteiger partial charge is 0.323 e. The molecular weight excluding hydrogens is 248 g/mol. The highest BCUT2D eigenvalue weighted by atomic mass is 16.6. The van der Waals surface area contributed by atoms with E-state index in [2.05, 4.69) is 13.8 Å². The molecule has 0 radical (unpaired) electrons. The van der Waals surface area contributed by atoms with E-state index in [9.17, 15) is 14.7 Å². The highest BCUT2D eigenvalue weighted by molar-refractivity contribution is 5.96. The van der Waals surface area contributed by atoms with Gasteiger partial charge < -0.3 is 14.6 Å². The number of aliphatic hydroxyl groups is 1. The van der Waals surface area contributed by atoms with Crippen LogP contribution in [0.4, 0.5) is 0 Å². The van der Waals surface area contributed by atoms with Crippen molar-refractivity contribution in [3.05, 3.63) is 0 Å². The molecule has 1 saturated carbocycles. The third-order valence-electron chi connectivity index (χ3n) is 3.76. The van der Waals surface area contributed by atoms with Crippen LogP contribution < -0.4 is 0 Å². The Morgan fingerprint density at radius 3 is 1.89 bits per heavy atom. The second-order valence-corrected chi connectivity index (χ2v) is 5.45. The summed E-state index contributed by atoms with van der Waals surface area (Å²) in [4.78, 5) is 23.8. The lowest BCUT2D eigenvalue weighted by Gasteiger charge is -2.48. The Bertz CT molecular complexity index is 313. The molecule has 1 aliphatic carbocycles. The first-order valence-electron chi connectivity index (χ1n) is 6.91. The van der Waals surface area contributed by atoms with E-state index in [1.165, 1.54) is 0 Å². The third kappa shape index (κ3) is 3.47. The first kappa shape index (κ1) is 16.0. The molecule has 0 aromatic heterocycles. The van der Waals surface area contributed by atoms with Gasteiger partial charge in [0.25, 0.3) is 0 Å². The minimum atomic E-state index is -1.31. The van der Waals surface area contributed by atoms with E-state index < -0.39 is 23.5 Å². The van der Waals surface area contributed by atoms with Gasteiger partial charge in [0, 0.05) is 0 Å². The predicted octanol–water partition coefficient (Wildman–Crippen LogP) is 1.53. The largest absolute Gasteiger partial charge is 0.465 e. The Balaban J connectivity index is 2.80. The van der Waals surface area contributed by atoms with Gasteiger partial charge in [-0.05, 0) is 38.5 Å². The molecule has 1 fully saturated rings. The van der Waals surface area contributed by atoms with Crippen molar-refractivity contribution in [1.82, 2.24) is 0 Å². The molecule has 0 unspecified atom stereocenters. The van der Waals surface area contributed by atoms with E-state index in [1.54, 1.807) is 13.8 Å². The maximum absolute atomic E-state index is 11.9. The summed E-state index contributed by atoms with van der Waals surface area (Å²) in [6.45, 7) is 7.82. The van der Waals surface area contributed by atoms with Crippen molar-refractivity contribution in [2.45, 2.75) is 46.1 Å². The average Bonchev–Trinajstić information content (AvgIpc) is 2.26. The van der Waals surface area contributed by atoms with Crippen molar-refractivity contribution in [2.75, 3.05) is 13.2 Å². The number of rotatable bonds is 6. The van der Waals surface area contributed by atoms with Gasteiger partial charge in [0.1, 0.15) is 0 Å². The lowest BCUT2D eigenvalue weighted by Crippen LogP contribution is -2.57. The van der Waals surface area contributed by atoms with Crippen LogP contribution in [0.5, 0.6) is 0 Å². The molecule has 0 bridgehead atoms. The van der Waals surface area contributed by atoms with Crippen molar-refractivity contribution in [2.24, 2.45) is 17.8 Å². The zero-order valence-electron chi connectivity index (χ0n) is 12.1. The molecule has 5 nitrogen and oxygen atoms in total. The summed E-state index contributed by atoms with van der Waals surface area (Å²) in [6.07, 6.45) is 0.875. The van der Waals surface area contributed by atoms with Crippen LogP contribution in [0.1, 0.15) is 40.5 Å². The van der Waals surface area contributed by atoms with Crippen LogP contribution in [0.2, 0.25) is 0 Å². The number of carbonyl (C=O) groups is 2. The molecule has 1 N–H and O–H groups in total. The maximum atomic E-state index is 11.9. The summed E-state index contributed by atoms with van der Waals surface area (Å²) < 4.78 is 9.78. The predicted molar refractivity (Wildman–Crippen MR) is 69.3 cm³/mol. The molecule has 0 aromatic rings. The van der Waals surface area contributed by atoms with Crippen LogP contribution in [0.3, 0.4) is 0 Å². The number of ether oxygens (including phenoxy) is 2. The lowest BCUT2D eigenvalue weighted by atomic mass is 9.61. The Kier molecular flexibility index (Phi) is 5.35. The van der Waals surface area contributed by atoms with Crippen LogP contribution in [0, 0.1) is 17.8 Å². The van der Waals surface area contributed by atoms with Crippen LogP contribution in [0.15, 0.2) is 0 Å². The highest BCUT2D eigenvalue weighted by Gasteiger charge is 2.56. The SMILES string of the molecule is CCOC(=O)C(C(=O)OCC)C1(O)CC(C(C)C)C1. The van der Waals surface area contributed by atoms with E-state index >= 15 is 0 Å². The van der Waals surface area contributed by atoms with E-state index in [0.717, 1.165) is 0 Å². The number of esters is 2. The second kappa shape index (κ2) is 6.37. The van der Waals surface area contributed by atoms with Crippen LogP contribution in [-0.2, 0) is 19.1 Å². The molecule has 5 heteroatoms. The molecule has 110 valence electrons. The minimum Gasteiger partial charge on any atom is -0.465 e. The summed E-state index contributed by atoms with van der Waals surface area (Å²) in [5, 5.41) is 10.5. The van der Waals surface area contributed by atoms with Crippen molar-refractivity contribution in [3.8, 4) is 0 Å². The van der Waals surface area contributed by atoms with Crippen molar-refractivity contribution >= 4 is 11.9 Å². The number of hydrogen-bond donors (Lipinski definition) is 1. The van der Waals surface area contributed by atoms with E-state index in [1.807, 2.05) is 0 Å². The van der Waals surface area contributed by atoms with Crippen LogP contribution in [0.25, 0.3) is 0 Å². The zero-order chi connectivity index (χ0) is 14.6. The average molecular weight is 272 g/mol. The number of hydrogen-bond acceptors (Lipinski definition) is 5. The fourth-order valence-electron chi connectivity index (χ4n) is 2.54. The molecule has 0 heterocycles. The van der Waals surface area contributed by atoms with Gasteiger partial charge in [-0.1, -0.05) is 13.8 Å². The molecule has 1 rings (SSSR count). The van der Waals surface area contributed by atoms with Gasteiger partial charge in [0.05, 0.1) is 18.8 Å². The molecule has 1 aliphatic rings. The Morgan fingerprint density at radius 2 is 1.58 bits per heavy atom. The van der Waals surface area contributed by atoms with Crippen molar-refractivity contribution in [3.63, 3.8) is 0 Å². The molecular formula is C14H24O5. The topological polar surface area (TPSA) is 72.8 Å². The minimum absolute atomic E-state index is 0.179. The standard InChI is InChI=1S/C14H24O5/c1-5-18-12(15)11(13(16)19-6-2)14(17)7-10(8-14)9(3)4/h9-11,17H,5-8H2,1-4H3. The van der Waals surface area contributed by atoms with Gasteiger partial charge in [-0.15, -0.1) is 0 Å². The molecule has 0 atom stereocenters. The summed E-state index contributed by atoms with van der Waals surface area (Å²) in [7, 11) is 0. The van der Waals surface area contributed by atoms with Crippen molar-refractivity contribution in [1.29, 1.82) is 0 Å². The first-order chi connectivity index (χ1) is 8.85. The van der Waals surface area contributed by atoms with Gasteiger partial charge >= 0.3 is 11.9 Å². The van der Waals surface area contributed by atoms with Gasteiger partial charge in [-0.3, -0.25) is 9.59 Å². The Morgan fingerprint density at radius 1 is 1.16 bits per heavy atom. The third-order valence-corrected chi connectivity index (χ3v) is 3.76. The van der Waals surface area contributed by atoms with Crippen LogP contribution >= 0.6 is 0 Å². The van der Waals surface area contributed by atoms with Gasteiger partial charge in [0.15, 0.2) is 5.92 Å². The normalized spacial score (nSPS) is 26.2. The fourth-order valence-corrected chi connectivity index (χ4v) is 2.54.